The fourth-order valence-corrected chi connectivity index (χ4v) is 5.71. The average molecular weight is 619 g/mol. The number of allylic oxidation sites excluding steroid dienone is 2. The molecule has 9 heteroatoms. The van der Waals surface area contributed by atoms with Crippen molar-refractivity contribution in [3.8, 4) is 0 Å². The first kappa shape index (κ1) is 41.2. The van der Waals surface area contributed by atoms with Gasteiger partial charge in [-0.2, -0.15) is 0 Å². The SMILES string of the molecule is CCCCCCCC/C=C\CCCCCCCC(=O)NC(COP(=O)(O)OCCN)C(O)CCCCCCCCCC. The highest BCUT2D eigenvalue weighted by atomic mass is 31.2. The summed E-state index contributed by atoms with van der Waals surface area (Å²) < 4.78 is 22.0. The van der Waals surface area contributed by atoms with Gasteiger partial charge in [-0.25, -0.2) is 4.57 Å². The Morgan fingerprint density at radius 2 is 1.24 bits per heavy atom. The Balaban J connectivity index is 4.25. The molecule has 0 bridgehead atoms. The number of carbonyl (C=O) groups excluding carboxylic acids is 1. The van der Waals surface area contributed by atoms with E-state index in [9.17, 15) is 19.4 Å². The number of nitrogens with one attached hydrogen (secondary N) is 1. The molecule has 42 heavy (non-hydrogen) atoms. The number of carbonyl (C=O) groups is 1. The van der Waals surface area contributed by atoms with Crippen molar-refractivity contribution in [2.45, 2.75) is 174 Å². The average Bonchev–Trinajstić information content (AvgIpc) is 2.97. The number of hydrogen-bond acceptors (Lipinski definition) is 6. The van der Waals surface area contributed by atoms with Crippen LogP contribution < -0.4 is 11.1 Å². The van der Waals surface area contributed by atoms with Crippen LogP contribution in [-0.4, -0.2) is 47.8 Å². The van der Waals surface area contributed by atoms with Crippen molar-refractivity contribution in [1.82, 2.24) is 5.32 Å². The van der Waals surface area contributed by atoms with Gasteiger partial charge in [0.25, 0.3) is 0 Å². The predicted octanol–water partition coefficient (Wildman–Crippen LogP) is 8.49. The van der Waals surface area contributed by atoms with Gasteiger partial charge in [0, 0.05) is 13.0 Å². The van der Waals surface area contributed by atoms with Crippen LogP contribution in [0, 0.1) is 0 Å². The second-order valence-corrected chi connectivity index (χ2v) is 13.2. The summed E-state index contributed by atoms with van der Waals surface area (Å²) in [5, 5.41) is 13.6. The van der Waals surface area contributed by atoms with Gasteiger partial charge in [0.05, 0.1) is 25.4 Å². The van der Waals surface area contributed by atoms with Gasteiger partial charge in [-0.05, 0) is 38.5 Å². The molecule has 0 aromatic heterocycles. The van der Waals surface area contributed by atoms with Crippen molar-refractivity contribution in [1.29, 1.82) is 0 Å². The molecule has 0 radical (unpaired) electrons. The molecule has 5 N–H and O–H groups in total. The van der Waals surface area contributed by atoms with E-state index in [4.69, 9.17) is 14.8 Å². The van der Waals surface area contributed by atoms with Crippen molar-refractivity contribution in [3.05, 3.63) is 12.2 Å². The summed E-state index contributed by atoms with van der Waals surface area (Å²) >= 11 is 0. The zero-order chi connectivity index (χ0) is 31.2. The topological polar surface area (TPSA) is 131 Å². The Morgan fingerprint density at radius 3 is 1.76 bits per heavy atom. The molecule has 0 aliphatic carbocycles. The second kappa shape index (κ2) is 30.3. The van der Waals surface area contributed by atoms with Crippen molar-refractivity contribution >= 4 is 13.7 Å². The van der Waals surface area contributed by atoms with Gasteiger partial charge in [-0.15, -0.1) is 0 Å². The third-order valence-electron chi connectivity index (χ3n) is 7.62. The Labute approximate surface area is 258 Å². The predicted molar refractivity (Wildman–Crippen MR) is 175 cm³/mol. The smallest absolute Gasteiger partial charge is 0.391 e. The van der Waals surface area contributed by atoms with Gasteiger partial charge in [0.15, 0.2) is 0 Å². The largest absolute Gasteiger partial charge is 0.472 e. The van der Waals surface area contributed by atoms with Crippen molar-refractivity contribution in [2.24, 2.45) is 5.73 Å². The lowest BCUT2D eigenvalue weighted by molar-refractivity contribution is -0.123. The lowest BCUT2D eigenvalue weighted by Gasteiger charge is -2.25. The Hall–Kier alpha value is -0.760. The van der Waals surface area contributed by atoms with E-state index in [1.54, 1.807) is 0 Å². The fraction of sp³-hybridized carbons (Fsp3) is 0.909. The molecule has 0 aromatic rings. The normalized spacial score (nSPS) is 14.7. The minimum atomic E-state index is -4.30. The molecule has 3 atom stereocenters. The van der Waals surface area contributed by atoms with E-state index in [-0.39, 0.29) is 25.7 Å². The first-order chi connectivity index (χ1) is 20.4. The minimum absolute atomic E-state index is 0.0884. The monoisotopic (exact) mass is 618 g/mol. The van der Waals surface area contributed by atoms with Crippen LogP contribution in [0.1, 0.15) is 162 Å². The zero-order valence-electron chi connectivity index (χ0n) is 27.2. The van der Waals surface area contributed by atoms with Gasteiger partial charge >= 0.3 is 7.82 Å². The van der Waals surface area contributed by atoms with Gasteiger partial charge in [0.1, 0.15) is 0 Å². The summed E-state index contributed by atoms with van der Waals surface area (Å²) in [6.07, 6.45) is 29.4. The van der Waals surface area contributed by atoms with Crippen LogP contribution in [0.2, 0.25) is 0 Å². The van der Waals surface area contributed by atoms with Crippen LogP contribution in [0.3, 0.4) is 0 Å². The lowest BCUT2D eigenvalue weighted by atomic mass is 10.0. The lowest BCUT2D eigenvalue weighted by Crippen LogP contribution is -2.46. The van der Waals surface area contributed by atoms with E-state index < -0.39 is 20.0 Å². The van der Waals surface area contributed by atoms with Crippen LogP contribution in [0.5, 0.6) is 0 Å². The highest BCUT2D eigenvalue weighted by molar-refractivity contribution is 7.47. The Morgan fingerprint density at radius 1 is 0.762 bits per heavy atom. The van der Waals surface area contributed by atoms with Gasteiger partial charge < -0.3 is 21.1 Å². The molecule has 1 amide bonds. The second-order valence-electron chi connectivity index (χ2n) is 11.7. The van der Waals surface area contributed by atoms with E-state index in [1.165, 1.54) is 83.5 Å². The molecule has 0 heterocycles. The van der Waals surface area contributed by atoms with Crippen LogP contribution in [0.15, 0.2) is 12.2 Å². The molecule has 0 spiro atoms. The molecule has 0 rings (SSSR count). The van der Waals surface area contributed by atoms with E-state index in [1.807, 2.05) is 0 Å². The Kier molecular flexibility index (Phi) is 29.7. The van der Waals surface area contributed by atoms with Crippen LogP contribution in [0.4, 0.5) is 0 Å². The number of aliphatic hydroxyl groups is 1. The molecular weight excluding hydrogens is 551 g/mol. The summed E-state index contributed by atoms with van der Waals surface area (Å²) in [4.78, 5) is 22.5. The van der Waals surface area contributed by atoms with E-state index in [0.717, 1.165) is 51.4 Å². The first-order valence-corrected chi connectivity index (χ1v) is 18.8. The standard InChI is InChI=1S/C33H67N2O6P/c1-3-5-7-9-11-13-14-15-16-17-18-19-21-23-25-27-33(37)35-31(30-41-42(38,39)40-29-28-34)32(36)26-24-22-20-12-10-8-6-4-2/h15-16,31-32,36H,3-14,17-30,34H2,1-2H3,(H,35,37)(H,38,39)/b16-15-. The maximum Gasteiger partial charge on any atom is 0.472 e. The minimum Gasteiger partial charge on any atom is -0.391 e. The Bertz CT molecular complexity index is 679. The molecule has 0 aliphatic rings. The number of amides is 1. The summed E-state index contributed by atoms with van der Waals surface area (Å²) in [7, 11) is -4.30. The molecule has 3 unspecified atom stereocenters. The van der Waals surface area contributed by atoms with Crippen LogP contribution >= 0.6 is 7.82 Å². The van der Waals surface area contributed by atoms with E-state index in [0.29, 0.717) is 12.8 Å². The first-order valence-electron chi connectivity index (χ1n) is 17.3. The number of phosphoric ester groups is 1. The fourth-order valence-electron chi connectivity index (χ4n) is 4.95. The molecule has 250 valence electrons. The zero-order valence-corrected chi connectivity index (χ0v) is 28.1. The van der Waals surface area contributed by atoms with Gasteiger partial charge in [-0.1, -0.05) is 129 Å². The van der Waals surface area contributed by atoms with Gasteiger partial charge in [0.2, 0.25) is 5.91 Å². The van der Waals surface area contributed by atoms with E-state index >= 15 is 0 Å². The third kappa shape index (κ3) is 28.0. The molecule has 0 aliphatic heterocycles. The summed E-state index contributed by atoms with van der Waals surface area (Å²) in [5.74, 6) is -0.174. The maximum atomic E-state index is 12.6. The third-order valence-corrected chi connectivity index (χ3v) is 8.60. The molecule has 0 saturated carbocycles. The van der Waals surface area contributed by atoms with Crippen LogP contribution in [0.25, 0.3) is 0 Å². The highest BCUT2D eigenvalue weighted by Gasteiger charge is 2.27. The molecule has 0 saturated heterocycles. The van der Waals surface area contributed by atoms with Crippen molar-refractivity contribution in [3.63, 3.8) is 0 Å². The summed E-state index contributed by atoms with van der Waals surface area (Å²) in [5.41, 5.74) is 5.34. The van der Waals surface area contributed by atoms with Crippen molar-refractivity contribution < 1.29 is 28.4 Å². The molecule has 0 aromatic carbocycles. The quantitative estimate of drug-likeness (QED) is 0.0338. The molecular formula is C33H67N2O6P. The molecule has 0 fully saturated rings. The van der Waals surface area contributed by atoms with Gasteiger partial charge in [-0.3, -0.25) is 13.8 Å². The van der Waals surface area contributed by atoms with Crippen LogP contribution in [-0.2, 0) is 18.4 Å². The van der Waals surface area contributed by atoms with Crippen molar-refractivity contribution in [2.75, 3.05) is 19.8 Å². The molecule has 8 nitrogen and oxygen atoms in total. The number of hydrogen-bond donors (Lipinski definition) is 4. The maximum absolute atomic E-state index is 12.6. The van der Waals surface area contributed by atoms with E-state index in [2.05, 4.69) is 31.3 Å². The highest BCUT2D eigenvalue weighted by Crippen LogP contribution is 2.43. The number of unbranched alkanes of at least 4 members (excludes halogenated alkanes) is 18. The summed E-state index contributed by atoms with van der Waals surface area (Å²) in [6.45, 7) is 4.14. The number of nitrogens with two attached hydrogens (primary N) is 1. The summed E-state index contributed by atoms with van der Waals surface area (Å²) in [6, 6.07) is -0.771. The number of rotatable bonds is 32. The number of phosphoric acid groups is 1. The number of aliphatic hydroxyl groups excluding tert-OH is 1.